The van der Waals surface area contributed by atoms with E-state index in [-0.39, 0.29) is 17.0 Å². The molecule has 8 nitrogen and oxygen atoms in total. The van der Waals surface area contributed by atoms with Crippen molar-refractivity contribution in [2.24, 2.45) is 11.8 Å². The van der Waals surface area contributed by atoms with Gasteiger partial charge in [-0.15, -0.1) is 0 Å². The molecule has 166 valence electrons. The number of anilines is 1. The number of likely N-dealkylation sites (tertiary alicyclic amines) is 1. The highest BCUT2D eigenvalue weighted by Gasteiger charge is 2.48. The zero-order chi connectivity index (χ0) is 22.5. The fourth-order valence-electron chi connectivity index (χ4n) is 5.35. The van der Waals surface area contributed by atoms with Gasteiger partial charge in [0.25, 0.3) is 5.91 Å². The van der Waals surface area contributed by atoms with E-state index in [4.69, 9.17) is 0 Å². The van der Waals surface area contributed by atoms with Crippen molar-refractivity contribution in [3.8, 4) is 5.69 Å². The van der Waals surface area contributed by atoms with Gasteiger partial charge in [-0.1, -0.05) is 6.07 Å². The lowest BCUT2D eigenvalue weighted by Crippen LogP contribution is -2.37. The number of benzene rings is 1. The van der Waals surface area contributed by atoms with E-state index in [1.807, 2.05) is 19.9 Å². The van der Waals surface area contributed by atoms with Gasteiger partial charge in [0, 0.05) is 30.0 Å². The molecule has 1 aromatic carbocycles. The zero-order valence-electron chi connectivity index (χ0n) is 18.4. The molecule has 3 atom stereocenters. The van der Waals surface area contributed by atoms with Gasteiger partial charge in [-0.2, -0.15) is 15.0 Å². The van der Waals surface area contributed by atoms with Crippen molar-refractivity contribution in [1.29, 1.82) is 0 Å². The van der Waals surface area contributed by atoms with Crippen LogP contribution in [0.1, 0.15) is 41.5 Å². The Morgan fingerprint density at radius 3 is 2.34 bits per heavy atom. The minimum Gasteiger partial charge on any atom is -0.349 e. The van der Waals surface area contributed by atoms with Crippen molar-refractivity contribution in [2.45, 2.75) is 39.2 Å². The Labute approximate surface area is 185 Å². The van der Waals surface area contributed by atoms with E-state index in [2.05, 4.69) is 32.4 Å². The van der Waals surface area contributed by atoms with E-state index in [1.165, 1.54) is 23.3 Å². The topological polar surface area (TPSA) is 88.8 Å². The maximum Gasteiger partial charge on any atom is 0.259 e. The zero-order valence-corrected chi connectivity index (χ0v) is 18.4. The largest absolute Gasteiger partial charge is 0.349 e. The normalized spacial score (nSPS) is 24.6. The van der Waals surface area contributed by atoms with Crippen molar-refractivity contribution in [3.63, 3.8) is 0 Å². The van der Waals surface area contributed by atoms with Gasteiger partial charge in [0.05, 0.1) is 12.4 Å². The van der Waals surface area contributed by atoms with E-state index in [0.717, 1.165) is 24.2 Å². The summed E-state index contributed by atoms with van der Waals surface area (Å²) >= 11 is 0. The molecule has 1 unspecified atom stereocenters. The van der Waals surface area contributed by atoms with Crippen LogP contribution in [0.25, 0.3) is 5.69 Å². The van der Waals surface area contributed by atoms with Crippen molar-refractivity contribution in [3.05, 3.63) is 59.4 Å². The molecule has 1 aliphatic heterocycles. The Morgan fingerprint density at radius 2 is 1.72 bits per heavy atom. The summed E-state index contributed by atoms with van der Waals surface area (Å²) in [6.07, 6.45) is 4.82. The van der Waals surface area contributed by atoms with Gasteiger partial charge in [-0.3, -0.25) is 4.79 Å². The molecule has 2 fully saturated rings. The predicted molar refractivity (Wildman–Crippen MR) is 117 cm³/mol. The van der Waals surface area contributed by atoms with Gasteiger partial charge in [0.2, 0.25) is 5.95 Å². The van der Waals surface area contributed by atoms with Crippen LogP contribution in [-0.2, 0) is 0 Å². The quantitative estimate of drug-likeness (QED) is 0.677. The van der Waals surface area contributed by atoms with Crippen LogP contribution < -0.4 is 5.32 Å². The molecule has 3 aromatic rings. The van der Waals surface area contributed by atoms with Crippen LogP contribution in [0.4, 0.5) is 10.3 Å². The molecule has 9 heteroatoms. The number of fused-ring (bicyclic) bond motifs is 1. The van der Waals surface area contributed by atoms with E-state index < -0.39 is 5.82 Å². The number of aryl methyl sites for hydroxylation is 2. The second-order valence-electron chi connectivity index (χ2n) is 9.25. The molecule has 1 saturated heterocycles. The molecule has 5 rings (SSSR count). The van der Waals surface area contributed by atoms with E-state index in [0.29, 0.717) is 36.6 Å². The summed E-state index contributed by atoms with van der Waals surface area (Å²) in [5, 5.41) is 11.7. The number of aromatic nitrogens is 5. The minimum atomic E-state index is -0.555. The highest BCUT2D eigenvalue weighted by Crippen LogP contribution is 2.45. The molecule has 1 aliphatic carbocycles. The first-order valence-corrected chi connectivity index (χ1v) is 10.9. The molecule has 0 bridgehead atoms. The lowest BCUT2D eigenvalue weighted by atomic mass is 9.98. The highest BCUT2D eigenvalue weighted by molar-refractivity contribution is 5.98. The summed E-state index contributed by atoms with van der Waals surface area (Å²) in [7, 11) is 0. The van der Waals surface area contributed by atoms with Crippen LogP contribution in [0.2, 0.25) is 0 Å². The summed E-state index contributed by atoms with van der Waals surface area (Å²) < 4.78 is 14.7. The Bertz CT molecular complexity index is 1130. The number of nitrogens with zero attached hydrogens (tertiary/aromatic N) is 6. The number of amides is 1. The van der Waals surface area contributed by atoms with Gasteiger partial charge in [0.1, 0.15) is 17.1 Å². The fraction of sp³-hybridized carbons (Fsp3) is 0.435. The molecule has 0 spiro atoms. The van der Waals surface area contributed by atoms with Crippen LogP contribution in [0.5, 0.6) is 0 Å². The first kappa shape index (κ1) is 20.5. The molecular formula is C23H26FN7O. The van der Waals surface area contributed by atoms with Crippen LogP contribution in [0.15, 0.2) is 36.7 Å². The molecular weight excluding hydrogens is 409 g/mol. The molecule has 2 aromatic heterocycles. The molecule has 2 aliphatic rings. The standard InChI is InChI=1S/C23H26FN7O/c1-14-9-15(2)28-22(27-14)29-23(3)10-16-12-30(13-17(16)11-23)21(32)20-18(24)5-4-6-19(20)31-25-7-8-26-31/h4-9,16-17H,10-13H2,1-3H3,(H,27,28,29)/t16-,17+,23?. The summed E-state index contributed by atoms with van der Waals surface area (Å²) in [6.45, 7) is 7.33. The first-order valence-electron chi connectivity index (χ1n) is 10.9. The van der Waals surface area contributed by atoms with Gasteiger partial charge in [-0.05, 0) is 63.6 Å². The number of nitrogens with one attached hydrogen (secondary N) is 1. The van der Waals surface area contributed by atoms with Crippen LogP contribution in [0.3, 0.4) is 0 Å². The summed E-state index contributed by atoms with van der Waals surface area (Å²) in [5.41, 5.74) is 2.12. The fourth-order valence-corrected chi connectivity index (χ4v) is 5.35. The monoisotopic (exact) mass is 435 g/mol. The highest BCUT2D eigenvalue weighted by atomic mass is 19.1. The third-order valence-electron chi connectivity index (χ3n) is 6.52. The van der Waals surface area contributed by atoms with E-state index >= 15 is 0 Å². The Balaban J connectivity index is 1.32. The van der Waals surface area contributed by atoms with E-state index in [9.17, 15) is 9.18 Å². The molecule has 1 amide bonds. The maximum absolute atomic E-state index is 14.7. The van der Waals surface area contributed by atoms with Crippen molar-refractivity contribution < 1.29 is 9.18 Å². The van der Waals surface area contributed by atoms with Crippen LogP contribution in [-0.4, -0.2) is 54.4 Å². The maximum atomic E-state index is 14.7. The number of carbonyl (C=O) groups excluding carboxylic acids is 1. The summed E-state index contributed by atoms with van der Waals surface area (Å²) in [4.78, 5) is 25.4. The van der Waals surface area contributed by atoms with Gasteiger partial charge in [-0.25, -0.2) is 14.4 Å². The van der Waals surface area contributed by atoms with Crippen molar-refractivity contribution >= 4 is 11.9 Å². The first-order chi connectivity index (χ1) is 15.3. The average Bonchev–Trinajstić information content (AvgIpc) is 3.42. The Hall–Kier alpha value is -3.36. The smallest absolute Gasteiger partial charge is 0.259 e. The number of hydrogen-bond acceptors (Lipinski definition) is 6. The van der Waals surface area contributed by atoms with Crippen LogP contribution in [0, 0.1) is 31.5 Å². The van der Waals surface area contributed by atoms with Gasteiger partial charge in [0.15, 0.2) is 0 Å². The van der Waals surface area contributed by atoms with Crippen LogP contribution >= 0.6 is 0 Å². The Morgan fingerprint density at radius 1 is 1.09 bits per heavy atom. The predicted octanol–water partition coefficient (Wildman–Crippen LogP) is 3.17. The SMILES string of the molecule is Cc1cc(C)nc(NC2(C)C[C@H]3CN(C(=O)c4c(F)cccc4-n4nccn4)C[C@H]3C2)n1. The number of carbonyl (C=O) groups is 1. The number of hydrogen-bond donors (Lipinski definition) is 1. The molecule has 1 saturated carbocycles. The molecule has 0 radical (unpaired) electrons. The minimum absolute atomic E-state index is 0.0215. The number of rotatable bonds is 4. The second-order valence-corrected chi connectivity index (χ2v) is 9.25. The molecule has 3 heterocycles. The van der Waals surface area contributed by atoms with Crippen molar-refractivity contribution in [2.75, 3.05) is 18.4 Å². The van der Waals surface area contributed by atoms with Gasteiger partial charge < -0.3 is 10.2 Å². The van der Waals surface area contributed by atoms with Gasteiger partial charge >= 0.3 is 0 Å². The second kappa shape index (κ2) is 7.65. The number of halogens is 1. The lowest BCUT2D eigenvalue weighted by Gasteiger charge is -2.29. The molecule has 1 N–H and O–H groups in total. The van der Waals surface area contributed by atoms with E-state index in [1.54, 1.807) is 17.0 Å². The van der Waals surface area contributed by atoms with Crippen molar-refractivity contribution in [1.82, 2.24) is 29.9 Å². The summed E-state index contributed by atoms with van der Waals surface area (Å²) in [6, 6.07) is 6.49. The third-order valence-corrected chi connectivity index (χ3v) is 6.52. The average molecular weight is 436 g/mol. The third kappa shape index (κ3) is 3.72. The Kier molecular flexibility index (Phi) is 4.91. The summed E-state index contributed by atoms with van der Waals surface area (Å²) in [5.74, 6) is 0.485. The molecule has 32 heavy (non-hydrogen) atoms. The lowest BCUT2D eigenvalue weighted by molar-refractivity contribution is 0.0772.